The summed E-state index contributed by atoms with van der Waals surface area (Å²) in [7, 11) is 0. The van der Waals surface area contributed by atoms with E-state index in [0.717, 1.165) is 37.0 Å². The average molecular weight is 358 g/mol. The zero-order valence-corrected chi connectivity index (χ0v) is 15.6. The second kappa shape index (κ2) is 7.05. The van der Waals surface area contributed by atoms with Crippen LogP contribution in [0.4, 0.5) is 0 Å². The standard InChI is InChI=1S/C20H30N4O2/c1-14(12-24-5-4-21-13-24)23-18(25)2-3-22-19(26)20-9-15-6-16(10-20)8-17(7-15)11-20/h4-5,13-17H,2-3,6-12H2,1H3,(H,22,26)(H,23,25). The Kier molecular flexibility index (Phi) is 4.76. The largest absolute Gasteiger partial charge is 0.355 e. The molecule has 4 saturated carbocycles. The number of amides is 2. The number of nitrogens with zero attached hydrogens (tertiary/aromatic N) is 2. The van der Waals surface area contributed by atoms with E-state index in [4.69, 9.17) is 0 Å². The Morgan fingerprint density at radius 3 is 2.42 bits per heavy atom. The Hall–Kier alpha value is -1.85. The molecule has 1 heterocycles. The van der Waals surface area contributed by atoms with Crippen LogP contribution in [0.3, 0.4) is 0 Å². The highest BCUT2D eigenvalue weighted by Crippen LogP contribution is 2.60. The van der Waals surface area contributed by atoms with E-state index in [1.54, 1.807) is 12.5 Å². The molecule has 0 aliphatic heterocycles. The second-order valence-corrected chi connectivity index (χ2v) is 8.93. The van der Waals surface area contributed by atoms with Gasteiger partial charge in [0.25, 0.3) is 0 Å². The Morgan fingerprint density at radius 1 is 1.19 bits per heavy atom. The van der Waals surface area contributed by atoms with Crippen molar-refractivity contribution in [2.75, 3.05) is 6.54 Å². The van der Waals surface area contributed by atoms with Crippen molar-refractivity contribution in [3.05, 3.63) is 18.7 Å². The number of hydrogen-bond acceptors (Lipinski definition) is 3. The van der Waals surface area contributed by atoms with Gasteiger partial charge in [-0.1, -0.05) is 0 Å². The summed E-state index contributed by atoms with van der Waals surface area (Å²) in [4.78, 5) is 29.0. The van der Waals surface area contributed by atoms with Crippen molar-refractivity contribution in [2.45, 2.75) is 64.5 Å². The van der Waals surface area contributed by atoms with E-state index in [1.165, 1.54) is 19.3 Å². The van der Waals surface area contributed by atoms with Crippen molar-refractivity contribution in [3.63, 3.8) is 0 Å². The lowest BCUT2D eigenvalue weighted by Gasteiger charge is -2.55. The minimum atomic E-state index is -0.125. The van der Waals surface area contributed by atoms with E-state index >= 15 is 0 Å². The Balaban J connectivity index is 1.21. The van der Waals surface area contributed by atoms with Gasteiger partial charge in [0, 0.05) is 43.4 Å². The lowest BCUT2D eigenvalue weighted by Crippen LogP contribution is -2.53. The molecule has 6 heteroatoms. The van der Waals surface area contributed by atoms with Gasteiger partial charge in [-0.3, -0.25) is 9.59 Å². The van der Waals surface area contributed by atoms with E-state index in [-0.39, 0.29) is 23.3 Å². The summed E-state index contributed by atoms with van der Waals surface area (Å²) in [6.45, 7) is 3.11. The quantitative estimate of drug-likeness (QED) is 0.784. The number of carbonyl (C=O) groups is 2. The van der Waals surface area contributed by atoms with Gasteiger partial charge in [0.1, 0.15) is 0 Å². The summed E-state index contributed by atoms with van der Waals surface area (Å²) < 4.78 is 1.94. The van der Waals surface area contributed by atoms with Gasteiger partial charge in [0.2, 0.25) is 11.8 Å². The van der Waals surface area contributed by atoms with Crippen molar-refractivity contribution < 1.29 is 9.59 Å². The van der Waals surface area contributed by atoms with Gasteiger partial charge in [-0.25, -0.2) is 4.98 Å². The van der Waals surface area contributed by atoms with Crippen LogP contribution >= 0.6 is 0 Å². The Morgan fingerprint density at radius 2 is 1.85 bits per heavy atom. The molecule has 2 amide bonds. The van der Waals surface area contributed by atoms with Gasteiger partial charge < -0.3 is 15.2 Å². The molecule has 4 fully saturated rings. The lowest BCUT2D eigenvalue weighted by atomic mass is 9.49. The van der Waals surface area contributed by atoms with E-state index in [1.807, 2.05) is 17.7 Å². The fourth-order valence-electron chi connectivity index (χ4n) is 5.97. The smallest absolute Gasteiger partial charge is 0.226 e. The molecule has 5 rings (SSSR count). The van der Waals surface area contributed by atoms with Crippen molar-refractivity contribution in [1.82, 2.24) is 20.2 Å². The van der Waals surface area contributed by atoms with E-state index in [2.05, 4.69) is 15.6 Å². The van der Waals surface area contributed by atoms with Crippen LogP contribution in [-0.2, 0) is 16.1 Å². The number of imidazole rings is 1. The lowest BCUT2D eigenvalue weighted by molar-refractivity contribution is -0.146. The fraction of sp³-hybridized carbons (Fsp3) is 0.750. The molecule has 0 aromatic carbocycles. The summed E-state index contributed by atoms with van der Waals surface area (Å²) in [6, 6.07) is 0.0376. The van der Waals surface area contributed by atoms with Gasteiger partial charge >= 0.3 is 0 Å². The van der Waals surface area contributed by atoms with Crippen LogP contribution in [0.25, 0.3) is 0 Å². The number of carbonyl (C=O) groups excluding carboxylic acids is 2. The maximum atomic E-state index is 12.9. The van der Waals surface area contributed by atoms with Gasteiger partial charge in [-0.05, 0) is 63.2 Å². The van der Waals surface area contributed by atoms with Crippen molar-refractivity contribution in [1.29, 1.82) is 0 Å². The molecule has 4 aliphatic carbocycles. The first-order chi connectivity index (χ1) is 12.5. The SMILES string of the molecule is CC(Cn1ccnc1)NC(=O)CCNC(=O)C12CC3CC(CC(C3)C1)C2. The molecule has 26 heavy (non-hydrogen) atoms. The third kappa shape index (κ3) is 3.64. The molecule has 0 radical (unpaired) electrons. The molecule has 1 unspecified atom stereocenters. The molecule has 1 aromatic heterocycles. The van der Waals surface area contributed by atoms with Gasteiger partial charge in [0.15, 0.2) is 0 Å². The van der Waals surface area contributed by atoms with Gasteiger partial charge in [-0.2, -0.15) is 0 Å². The normalized spacial score (nSPS) is 33.0. The topological polar surface area (TPSA) is 76.0 Å². The van der Waals surface area contributed by atoms with E-state index in [0.29, 0.717) is 19.5 Å². The molecule has 1 aromatic rings. The monoisotopic (exact) mass is 358 g/mol. The highest BCUT2D eigenvalue weighted by molar-refractivity contribution is 5.84. The average Bonchev–Trinajstić information content (AvgIpc) is 3.06. The molecule has 6 nitrogen and oxygen atoms in total. The highest BCUT2D eigenvalue weighted by Gasteiger charge is 2.54. The summed E-state index contributed by atoms with van der Waals surface area (Å²) in [5.74, 6) is 2.48. The minimum absolute atomic E-state index is 0.0107. The molecule has 0 saturated heterocycles. The first-order valence-corrected chi connectivity index (χ1v) is 10.1. The summed E-state index contributed by atoms with van der Waals surface area (Å²) >= 11 is 0. The summed E-state index contributed by atoms with van der Waals surface area (Å²) in [5.41, 5.74) is -0.125. The summed E-state index contributed by atoms with van der Waals surface area (Å²) in [5, 5.41) is 6.06. The molecule has 4 aliphatic rings. The van der Waals surface area contributed by atoms with Crippen LogP contribution in [0, 0.1) is 23.2 Å². The van der Waals surface area contributed by atoms with E-state index in [9.17, 15) is 9.59 Å². The van der Waals surface area contributed by atoms with E-state index < -0.39 is 0 Å². The molecular weight excluding hydrogens is 328 g/mol. The third-order valence-corrected chi connectivity index (χ3v) is 6.61. The zero-order valence-electron chi connectivity index (χ0n) is 15.6. The first kappa shape index (κ1) is 17.6. The maximum absolute atomic E-state index is 12.9. The number of rotatable bonds is 7. The van der Waals surface area contributed by atoms with Crippen molar-refractivity contribution >= 4 is 11.8 Å². The summed E-state index contributed by atoms with van der Waals surface area (Å²) in [6.07, 6.45) is 12.9. The molecule has 0 spiro atoms. The Bertz CT molecular complexity index is 619. The number of aromatic nitrogens is 2. The minimum Gasteiger partial charge on any atom is -0.355 e. The van der Waals surface area contributed by atoms with Crippen LogP contribution < -0.4 is 10.6 Å². The number of hydrogen-bond donors (Lipinski definition) is 2. The molecule has 142 valence electrons. The first-order valence-electron chi connectivity index (χ1n) is 10.1. The molecule has 4 bridgehead atoms. The maximum Gasteiger partial charge on any atom is 0.226 e. The van der Waals surface area contributed by atoms with Crippen LogP contribution in [0.5, 0.6) is 0 Å². The van der Waals surface area contributed by atoms with Gasteiger partial charge in [0.05, 0.1) is 6.33 Å². The van der Waals surface area contributed by atoms with Gasteiger partial charge in [-0.15, -0.1) is 0 Å². The van der Waals surface area contributed by atoms with Crippen LogP contribution in [0.2, 0.25) is 0 Å². The molecule has 1 atom stereocenters. The van der Waals surface area contributed by atoms with Crippen molar-refractivity contribution in [3.8, 4) is 0 Å². The van der Waals surface area contributed by atoms with Crippen LogP contribution in [0.15, 0.2) is 18.7 Å². The molecule has 2 N–H and O–H groups in total. The van der Waals surface area contributed by atoms with Crippen LogP contribution in [0.1, 0.15) is 51.9 Å². The third-order valence-electron chi connectivity index (χ3n) is 6.61. The predicted molar refractivity (Wildman–Crippen MR) is 98.1 cm³/mol. The predicted octanol–water partition coefficient (Wildman–Crippen LogP) is 2.11. The fourth-order valence-corrected chi connectivity index (χ4v) is 5.97. The highest BCUT2D eigenvalue weighted by atomic mass is 16.2. The zero-order chi connectivity index (χ0) is 18.1. The second-order valence-electron chi connectivity index (χ2n) is 8.93. The Labute approximate surface area is 155 Å². The van der Waals surface area contributed by atoms with Crippen molar-refractivity contribution in [2.24, 2.45) is 23.2 Å². The number of nitrogens with one attached hydrogen (secondary N) is 2. The molecular formula is C20H30N4O2. The van der Waals surface area contributed by atoms with Crippen LogP contribution in [-0.4, -0.2) is 34.0 Å².